The summed E-state index contributed by atoms with van der Waals surface area (Å²) in [5, 5.41) is 7.65. The first kappa shape index (κ1) is 10.4. The molecule has 0 saturated heterocycles. The zero-order valence-corrected chi connectivity index (χ0v) is 9.39. The van der Waals surface area contributed by atoms with Crippen molar-refractivity contribution in [1.82, 2.24) is 15.6 Å². The molecule has 0 aliphatic heterocycles. The van der Waals surface area contributed by atoms with Crippen LogP contribution in [0.5, 0.6) is 0 Å². The van der Waals surface area contributed by atoms with Crippen LogP contribution in [0, 0.1) is 0 Å². The van der Waals surface area contributed by atoms with Crippen LogP contribution in [0.15, 0.2) is 6.20 Å². The molecule has 1 aromatic rings. The Morgan fingerprint density at radius 2 is 2.46 bits per heavy atom. The molecule has 0 bridgehead atoms. The van der Waals surface area contributed by atoms with Gasteiger partial charge in [0.25, 0.3) is 0 Å². The molecular formula is C8H13N3S2. The van der Waals surface area contributed by atoms with Gasteiger partial charge < -0.3 is 10.6 Å². The molecule has 0 aliphatic carbocycles. The fourth-order valence-electron chi connectivity index (χ4n) is 0.837. The van der Waals surface area contributed by atoms with Gasteiger partial charge in [0, 0.05) is 18.1 Å². The van der Waals surface area contributed by atoms with Gasteiger partial charge in [-0.05, 0) is 18.6 Å². The third-order valence-corrected chi connectivity index (χ3v) is 3.07. The van der Waals surface area contributed by atoms with Gasteiger partial charge in [-0.25, -0.2) is 4.98 Å². The van der Waals surface area contributed by atoms with E-state index in [0.29, 0.717) is 11.7 Å². The molecule has 0 atom stereocenters. The largest absolute Gasteiger partial charge is 0.366 e. The Balaban J connectivity index is 2.41. The van der Waals surface area contributed by atoms with Crippen LogP contribution in [0.2, 0.25) is 0 Å². The maximum Gasteiger partial charge on any atom is 0.166 e. The summed E-state index contributed by atoms with van der Waals surface area (Å²) in [4.78, 5) is 5.57. The van der Waals surface area contributed by atoms with E-state index in [0.717, 1.165) is 11.4 Å². The monoisotopic (exact) mass is 215 g/mol. The molecule has 72 valence electrons. The molecule has 0 radical (unpaired) electrons. The lowest BCUT2D eigenvalue weighted by Gasteiger charge is -2.03. The lowest BCUT2D eigenvalue weighted by atomic mass is 10.4. The van der Waals surface area contributed by atoms with Crippen LogP contribution in [-0.4, -0.2) is 17.1 Å². The lowest BCUT2D eigenvalue weighted by molar-refractivity contribution is 0.879. The topological polar surface area (TPSA) is 37.0 Å². The highest BCUT2D eigenvalue weighted by Gasteiger charge is 2.00. The second-order valence-corrected chi connectivity index (χ2v) is 4.11. The Hall–Kier alpha value is -0.680. The van der Waals surface area contributed by atoms with Crippen LogP contribution in [0.25, 0.3) is 0 Å². The molecule has 0 fully saturated rings. The minimum Gasteiger partial charge on any atom is -0.366 e. The molecule has 3 nitrogen and oxygen atoms in total. The fraction of sp³-hybridized carbons (Fsp3) is 0.500. The molecular weight excluding hydrogens is 202 g/mol. The second kappa shape index (κ2) is 5.14. The highest BCUT2D eigenvalue weighted by Crippen LogP contribution is 2.12. The Morgan fingerprint density at radius 3 is 3.00 bits per heavy atom. The van der Waals surface area contributed by atoms with Crippen LogP contribution in [0.4, 0.5) is 0 Å². The average Bonchev–Trinajstić information content (AvgIpc) is 2.61. The molecule has 1 rings (SSSR count). The summed E-state index contributed by atoms with van der Waals surface area (Å²) >= 11 is 6.67. The minimum absolute atomic E-state index is 0.660. The van der Waals surface area contributed by atoms with Crippen LogP contribution >= 0.6 is 23.6 Å². The predicted octanol–water partition coefficient (Wildman–Crippen LogP) is 1.30. The van der Waals surface area contributed by atoms with Gasteiger partial charge in [-0.2, -0.15) is 0 Å². The van der Waals surface area contributed by atoms with Gasteiger partial charge in [-0.1, -0.05) is 6.92 Å². The number of rotatable bonds is 3. The third-order valence-electron chi connectivity index (χ3n) is 1.58. The summed E-state index contributed by atoms with van der Waals surface area (Å²) in [7, 11) is 1.80. The lowest BCUT2D eigenvalue weighted by Crippen LogP contribution is -2.31. The van der Waals surface area contributed by atoms with Gasteiger partial charge in [-0.15, -0.1) is 11.3 Å². The van der Waals surface area contributed by atoms with Gasteiger partial charge in [0.1, 0.15) is 5.01 Å². The van der Waals surface area contributed by atoms with E-state index in [1.807, 2.05) is 6.20 Å². The van der Waals surface area contributed by atoms with Gasteiger partial charge in [0.05, 0.1) is 6.54 Å². The van der Waals surface area contributed by atoms with Gasteiger partial charge in [0.15, 0.2) is 5.11 Å². The minimum atomic E-state index is 0.660. The zero-order chi connectivity index (χ0) is 9.68. The first-order valence-electron chi connectivity index (χ1n) is 4.15. The number of nitrogens with one attached hydrogen (secondary N) is 2. The first-order chi connectivity index (χ1) is 6.26. The van der Waals surface area contributed by atoms with E-state index in [1.165, 1.54) is 4.88 Å². The quantitative estimate of drug-likeness (QED) is 0.745. The number of aromatic nitrogens is 1. The number of nitrogens with zero attached hydrogens (tertiary/aromatic N) is 1. The molecule has 5 heteroatoms. The molecule has 0 aliphatic rings. The predicted molar refractivity (Wildman–Crippen MR) is 60.0 cm³/mol. The number of hydrogen-bond acceptors (Lipinski definition) is 3. The molecule has 0 amide bonds. The van der Waals surface area contributed by atoms with Crippen molar-refractivity contribution in [1.29, 1.82) is 0 Å². The van der Waals surface area contributed by atoms with Gasteiger partial charge in [0.2, 0.25) is 0 Å². The molecule has 1 aromatic heterocycles. The van der Waals surface area contributed by atoms with Crippen LogP contribution in [-0.2, 0) is 13.0 Å². The average molecular weight is 215 g/mol. The summed E-state index contributed by atoms with van der Waals surface area (Å²) in [5.74, 6) is 0. The Morgan fingerprint density at radius 1 is 1.69 bits per heavy atom. The van der Waals surface area contributed by atoms with Crippen molar-refractivity contribution in [2.45, 2.75) is 19.9 Å². The molecule has 0 unspecified atom stereocenters. The van der Waals surface area contributed by atoms with E-state index in [-0.39, 0.29) is 0 Å². The standard InChI is InChI=1S/C8H13N3S2/c1-3-6-4-10-7(13-6)5-11-8(12)9-2/h4H,3,5H2,1-2H3,(H2,9,11,12). The van der Waals surface area contributed by atoms with Crippen molar-refractivity contribution in [3.05, 3.63) is 16.1 Å². The maximum atomic E-state index is 4.94. The van der Waals surface area contributed by atoms with E-state index in [4.69, 9.17) is 12.2 Å². The van der Waals surface area contributed by atoms with E-state index >= 15 is 0 Å². The highest BCUT2D eigenvalue weighted by atomic mass is 32.1. The van der Waals surface area contributed by atoms with E-state index in [9.17, 15) is 0 Å². The van der Waals surface area contributed by atoms with Crippen molar-refractivity contribution < 1.29 is 0 Å². The third kappa shape index (κ3) is 3.28. The van der Waals surface area contributed by atoms with Crippen molar-refractivity contribution in [2.24, 2.45) is 0 Å². The molecule has 0 aromatic carbocycles. The van der Waals surface area contributed by atoms with Crippen LogP contribution in [0.3, 0.4) is 0 Å². The van der Waals surface area contributed by atoms with Gasteiger partial charge >= 0.3 is 0 Å². The smallest absolute Gasteiger partial charge is 0.166 e. The molecule has 0 spiro atoms. The van der Waals surface area contributed by atoms with Crippen molar-refractivity contribution in [3.63, 3.8) is 0 Å². The molecule has 2 N–H and O–H groups in total. The van der Waals surface area contributed by atoms with Crippen molar-refractivity contribution >= 4 is 28.7 Å². The molecule has 0 saturated carbocycles. The summed E-state index contributed by atoms with van der Waals surface area (Å²) in [6, 6.07) is 0. The van der Waals surface area contributed by atoms with Crippen molar-refractivity contribution in [2.75, 3.05) is 7.05 Å². The fourth-order valence-corrected chi connectivity index (χ4v) is 1.71. The summed E-state index contributed by atoms with van der Waals surface area (Å²) < 4.78 is 0. The summed E-state index contributed by atoms with van der Waals surface area (Å²) in [6.45, 7) is 2.84. The maximum absolute atomic E-state index is 4.94. The van der Waals surface area contributed by atoms with E-state index in [2.05, 4.69) is 22.5 Å². The Labute approximate surface area is 87.6 Å². The normalized spacial score (nSPS) is 9.69. The van der Waals surface area contributed by atoms with E-state index in [1.54, 1.807) is 18.4 Å². The van der Waals surface area contributed by atoms with Crippen LogP contribution < -0.4 is 10.6 Å². The van der Waals surface area contributed by atoms with E-state index < -0.39 is 0 Å². The summed E-state index contributed by atoms with van der Waals surface area (Å²) in [6.07, 6.45) is 2.97. The van der Waals surface area contributed by atoms with Gasteiger partial charge in [-0.3, -0.25) is 0 Å². The number of thiazole rings is 1. The number of thiocarbonyl (C=S) groups is 1. The number of hydrogen-bond donors (Lipinski definition) is 2. The molecule has 13 heavy (non-hydrogen) atoms. The molecule has 1 heterocycles. The van der Waals surface area contributed by atoms with Crippen LogP contribution in [0.1, 0.15) is 16.8 Å². The first-order valence-corrected chi connectivity index (χ1v) is 5.38. The summed E-state index contributed by atoms with van der Waals surface area (Å²) in [5.41, 5.74) is 0. The Bertz CT molecular complexity index is 283. The van der Waals surface area contributed by atoms with Crippen molar-refractivity contribution in [3.8, 4) is 0 Å². The Kier molecular flexibility index (Phi) is 4.11. The second-order valence-electron chi connectivity index (χ2n) is 2.51. The number of aryl methyl sites for hydroxylation is 1. The SMILES string of the molecule is CCc1cnc(CNC(=S)NC)s1. The zero-order valence-electron chi connectivity index (χ0n) is 7.76. The highest BCUT2D eigenvalue weighted by molar-refractivity contribution is 7.80.